The van der Waals surface area contributed by atoms with E-state index < -0.39 is 14.0 Å². The first kappa shape index (κ1) is 15.2. The number of rotatable bonds is 3. The molecule has 0 aromatic heterocycles. The predicted octanol–water partition coefficient (Wildman–Crippen LogP) is -0.974. The van der Waals surface area contributed by atoms with Crippen molar-refractivity contribution in [2.75, 3.05) is 5.75 Å². The predicted molar refractivity (Wildman–Crippen MR) is 58.9 cm³/mol. The third-order valence-electron chi connectivity index (χ3n) is 1.57. The maximum Gasteiger partial charge on any atom is 1.00 e. The second-order valence-corrected chi connectivity index (χ2v) is 6.84. The van der Waals surface area contributed by atoms with Crippen LogP contribution in [0.3, 0.4) is 0 Å². The summed E-state index contributed by atoms with van der Waals surface area (Å²) in [5.41, 5.74) is 0.412. The molecule has 0 heterocycles. The average molecular weight is 254 g/mol. The molecule has 6 heteroatoms. The molecule has 0 spiro atoms. The number of carbonyl (C=O) groups excluding carboxylic acids is 1. The van der Waals surface area contributed by atoms with Gasteiger partial charge in [0.15, 0.2) is 0 Å². The van der Waals surface area contributed by atoms with Crippen LogP contribution in [0.15, 0.2) is 30.3 Å². The zero-order chi connectivity index (χ0) is 10.6. The van der Waals surface area contributed by atoms with E-state index in [0.29, 0.717) is 16.4 Å². The van der Waals surface area contributed by atoms with E-state index in [1.54, 1.807) is 30.3 Å². The summed E-state index contributed by atoms with van der Waals surface area (Å²) in [7, 11) is -2.91. The molecule has 0 atom stereocenters. The fourth-order valence-corrected chi connectivity index (χ4v) is 2.71. The maximum atomic E-state index is 11.4. The summed E-state index contributed by atoms with van der Waals surface area (Å²) in [5.74, 6) is -0.0315. The van der Waals surface area contributed by atoms with Crippen molar-refractivity contribution in [1.29, 1.82) is 0 Å². The summed E-state index contributed by atoms with van der Waals surface area (Å²) >= 11 is 0. The Morgan fingerprint density at radius 3 is 2.33 bits per heavy atom. The third kappa shape index (κ3) is 5.17. The molecular weight excluding hydrogens is 243 g/mol. The van der Waals surface area contributed by atoms with Crippen LogP contribution in [0.1, 0.15) is 18.7 Å². The Balaban J connectivity index is 0. The van der Waals surface area contributed by atoms with Gasteiger partial charge in [-0.3, -0.25) is 4.79 Å². The van der Waals surface area contributed by atoms with Crippen molar-refractivity contribution in [3.63, 3.8) is 0 Å². The molecule has 0 N–H and O–H groups in total. The average Bonchev–Trinajstić information content (AvgIpc) is 2.19. The fourth-order valence-electron chi connectivity index (χ4n) is 0.797. The zero-order valence-electron chi connectivity index (χ0n) is 9.64. The van der Waals surface area contributed by atoms with E-state index >= 15 is 0 Å². The van der Waals surface area contributed by atoms with Gasteiger partial charge in [0.2, 0.25) is 14.0 Å². The normalized spacial score (nSPS) is 10.5. The van der Waals surface area contributed by atoms with E-state index in [0.717, 1.165) is 0 Å². The van der Waals surface area contributed by atoms with Gasteiger partial charge in [0.1, 0.15) is 0 Å². The largest absolute Gasteiger partial charge is 1.00 e. The van der Waals surface area contributed by atoms with Gasteiger partial charge in [-0.25, -0.2) is 8.42 Å². The Morgan fingerprint density at radius 1 is 1.33 bits per heavy atom. The molecule has 0 bridgehead atoms. The first-order valence-corrected chi connectivity index (χ1v) is 7.05. The molecule has 1 aromatic rings. The van der Waals surface area contributed by atoms with Crippen molar-refractivity contribution in [1.82, 2.24) is 0 Å². The second-order valence-electron chi connectivity index (χ2n) is 2.58. The fraction of sp³-hybridized carbons (Fsp3) is 0.222. The van der Waals surface area contributed by atoms with Gasteiger partial charge in [-0.2, -0.15) is 0 Å². The zero-order valence-corrected chi connectivity index (χ0v) is 12.3. The molecular formula is C9H11NaO3S2. The van der Waals surface area contributed by atoms with Crippen molar-refractivity contribution in [3.05, 3.63) is 35.9 Å². The summed E-state index contributed by atoms with van der Waals surface area (Å²) in [6, 6.07) is 8.37. The van der Waals surface area contributed by atoms with E-state index in [1.807, 2.05) is 0 Å². The van der Waals surface area contributed by atoms with Crippen LogP contribution >= 0.6 is 10.8 Å². The molecule has 15 heavy (non-hydrogen) atoms. The molecule has 0 saturated carbocycles. The van der Waals surface area contributed by atoms with Crippen molar-refractivity contribution in [2.45, 2.75) is 6.92 Å². The molecule has 3 nitrogen and oxygen atoms in total. The van der Waals surface area contributed by atoms with E-state index in [-0.39, 0.29) is 36.7 Å². The Kier molecular flexibility index (Phi) is 6.79. The monoisotopic (exact) mass is 254 g/mol. The number of benzene rings is 1. The van der Waals surface area contributed by atoms with E-state index in [9.17, 15) is 13.2 Å². The molecule has 0 fully saturated rings. The second kappa shape index (κ2) is 6.70. The molecule has 1 aromatic carbocycles. The standard InChI is InChI=1S/C9H10O3S2.Na.H/c1-2-14(11,12)13-9(10)8-6-4-3-5-7-8;;/h3-7H,2H2,1H3;;/q;+1;-1. The minimum atomic E-state index is -3.30. The van der Waals surface area contributed by atoms with Crippen LogP contribution in [0.5, 0.6) is 0 Å². The SMILES string of the molecule is CCS(=O)(=O)SC(=O)c1ccccc1.[H-].[Na+]. The number of carbonyl (C=O) groups is 1. The van der Waals surface area contributed by atoms with Gasteiger partial charge in [-0.1, -0.05) is 37.3 Å². The Labute approximate surface area is 117 Å². The van der Waals surface area contributed by atoms with E-state index in [1.165, 1.54) is 6.92 Å². The molecule has 0 radical (unpaired) electrons. The summed E-state index contributed by atoms with van der Waals surface area (Å²) in [6.45, 7) is 1.51. The molecule has 1 rings (SSSR count). The number of hydrogen-bond acceptors (Lipinski definition) is 4. The first-order chi connectivity index (χ1) is 6.55. The topological polar surface area (TPSA) is 51.2 Å². The minimum absolute atomic E-state index is 0. The van der Waals surface area contributed by atoms with Gasteiger partial charge in [0, 0.05) is 16.4 Å². The molecule has 0 amide bonds. The van der Waals surface area contributed by atoms with Gasteiger partial charge < -0.3 is 1.43 Å². The van der Waals surface area contributed by atoms with Crippen LogP contribution in [0.25, 0.3) is 0 Å². The molecule has 0 aliphatic heterocycles. The molecule has 0 saturated heterocycles. The third-order valence-corrected chi connectivity index (χ3v) is 4.84. The van der Waals surface area contributed by atoms with Crippen LogP contribution < -0.4 is 29.6 Å². The Hall–Kier alpha value is 0.190. The van der Waals surface area contributed by atoms with Gasteiger partial charge in [0.25, 0.3) is 0 Å². The van der Waals surface area contributed by atoms with Gasteiger partial charge in [-0.05, 0) is 0 Å². The van der Waals surface area contributed by atoms with E-state index in [4.69, 9.17) is 0 Å². The van der Waals surface area contributed by atoms with Crippen LogP contribution in [-0.4, -0.2) is 19.3 Å². The van der Waals surface area contributed by atoms with Gasteiger partial charge in [0.05, 0.1) is 5.75 Å². The maximum absolute atomic E-state index is 11.4. The smallest absolute Gasteiger partial charge is 1.00 e. The van der Waals surface area contributed by atoms with E-state index in [2.05, 4.69) is 0 Å². The van der Waals surface area contributed by atoms with Crippen molar-refractivity contribution in [3.8, 4) is 0 Å². The molecule has 0 unspecified atom stereocenters. The summed E-state index contributed by atoms with van der Waals surface area (Å²) < 4.78 is 22.3. The Bertz CT molecular complexity index is 420. The van der Waals surface area contributed by atoms with Crippen LogP contribution in [0.2, 0.25) is 0 Å². The molecule has 78 valence electrons. The van der Waals surface area contributed by atoms with Crippen molar-refractivity contribution >= 4 is 24.8 Å². The quantitative estimate of drug-likeness (QED) is 0.514. The van der Waals surface area contributed by atoms with Crippen molar-refractivity contribution < 1.29 is 44.2 Å². The minimum Gasteiger partial charge on any atom is -1.00 e. The van der Waals surface area contributed by atoms with Crippen LogP contribution in [-0.2, 0) is 8.87 Å². The van der Waals surface area contributed by atoms with Crippen LogP contribution in [0, 0.1) is 0 Å². The summed E-state index contributed by atoms with van der Waals surface area (Å²) in [6.07, 6.45) is 0. The van der Waals surface area contributed by atoms with Gasteiger partial charge >= 0.3 is 29.6 Å². The Morgan fingerprint density at radius 2 is 1.87 bits per heavy atom. The summed E-state index contributed by atoms with van der Waals surface area (Å²) in [5, 5.41) is -0.424. The van der Waals surface area contributed by atoms with Crippen LogP contribution in [0.4, 0.5) is 0 Å². The molecule has 0 aliphatic rings. The molecule has 0 aliphatic carbocycles. The first-order valence-electron chi connectivity index (χ1n) is 4.06. The number of hydrogen-bond donors (Lipinski definition) is 0. The van der Waals surface area contributed by atoms with Crippen molar-refractivity contribution in [2.24, 2.45) is 0 Å². The van der Waals surface area contributed by atoms with Gasteiger partial charge in [-0.15, -0.1) is 0 Å². The summed E-state index contributed by atoms with van der Waals surface area (Å²) in [4.78, 5) is 11.4.